The molecule has 2 amide bonds. The van der Waals surface area contributed by atoms with Crippen LogP contribution in [-0.2, 0) is 9.59 Å². The molecule has 0 saturated carbocycles. The average Bonchev–Trinajstić information content (AvgIpc) is 2.54. The second kappa shape index (κ2) is 7.78. The molecule has 0 aliphatic carbocycles. The second-order valence-corrected chi connectivity index (χ2v) is 5.32. The third-order valence-electron chi connectivity index (χ3n) is 3.16. The van der Waals surface area contributed by atoms with E-state index in [0.717, 1.165) is 5.39 Å². The third kappa shape index (κ3) is 4.32. The minimum absolute atomic E-state index is 0.211. The molecule has 0 saturated heterocycles. The van der Waals surface area contributed by atoms with Gasteiger partial charge >= 0.3 is 0 Å². The number of fused-ring (bicyclic) bond motifs is 1. The van der Waals surface area contributed by atoms with Crippen LogP contribution in [0.5, 0.6) is 5.75 Å². The van der Waals surface area contributed by atoms with Crippen LogP contribution in [0, 0.1) is 0 Å². The number of carbonyl (C=O) groups excluding carboxylic acids is 2. The lowest BCUT2D eigenvalue weighted by atomic mass is 10.2. The number of ether oxygens (including phenoxy) is 1. The van der Waals surface area contributed by atoms with Crippen molar-refractivity contribution in [1.82, 2.24) is 15.6 Å². The molecule has 6 nitrogen and oxygen atoms in total. The molecule has 7 heteroatoms. The van der Waals surface area contributed by atoms with Crippen LogP contribution in [-0.4, -0.2) is 36.0 Å². The van der Waals surface area contributed by atoms with Crippen LogP contribution in [0.15, 0.2) is 30.5 Å². The van der Waals surface area contributed by atoms with Crippen molar-refractivity contribution in [2.24, 2.45) is 0 Å². The largest absolute Gasteiger partial charge is 0.481 e. The van der Waals surface area contributed by atoms with Crippen LogP contribution in [0.3, 0.4) is 0 Å². The molecule has 1 aromatic carbocycles. The Morgan fingerprint density at radius 1 is 1.35 bits per heavy atom. The smallest absolute Gasteiger partial charge is 0.258 e. The van der Waals surface area contributed by atoms with E-state index in [1.54, 1.807) is 31.3 Å². The number of likely N-dealkylation sites (N-methyl/N-ethyl adjacent to an activating group) is 1. The van der Waals surface area contributed by atoms with Crippen LogP contribution in [0.25, 0.3) is 10.9 Å². The van der Waals surface area contributed by atoms with Gasteiger partial charge in [-0.05, 0) is 38.1 Å². The zero-order valence-electron chi connectivity index (χ0n) is 12.9. The van der Waals surface area contributed by atoms with E-state index in [-0.39, 0.29) is 18.4 Å². The number of aromatic nitrogens is 1. The lowest BCUT2D eigenvalue weighted by Crippen LogP contribution is -2.46. The summed E-state index contributed by atoms with van der Waals surface area (Å²) in [4.78, 5) is 27.7. The van der Waals surface area contributed by atoms with Crippen molar-refractivity contribution < 1.29 is 14.3 Å². The Morgan fingerprint density at radius 2 is 2.13 bits per heavy atom. The molecular formula is C16H18ClN3O3. The summed E-state index contributed by atoms with van der Waals surface area (Å²) >= 11 is 6.11. The van der Waals surface area contributed by atoms with Gasteiger partial charge in [-0.3, -0.25) is 14.6 Å². The standard InChI is InChI=1S/C16H18ClN3O3/c1-3-18-16(22)10(2)20-14(21)9-23-13-7-6-12(17)11-5-4-8-19-15(11)13/h4-8,10H,3,9H2,1-2H3,(H,18,22)(H,20,21)/t10-/m0/s1. The maximum absolute atomic E-state index is 11.9. The lowest BCUT2D eigenvalue weighted by Gasteiger charge is -2.14. The average molecular weight is 336 g/mol. The molecule has 0 fully saturated rings. The molecule has 2 aromatic rings. The molecule has 2 N–H and O–H groups in total. The normalized spacial score (nSPS) is 11.8. The highest BCUT2D eigenvalue weighted by atomic mass is 35.5. The summed E-state index contributed by atoms with van der Waals surface area (Å²) in [6.45, 7) is 3.73. The van der Waals surface area contributed by atoms with Crippen LogP contribution >= 0.6 is 11.6 Å². The van der Waals surface area contributed by atoms with Crippen LogP contribution in [0.4, 0.5) is 0 Å². The van der Waals surface area contributed by atoms with Gasteiger partial charge in [0.25, 0.3) is 5.91 Å². The topological polar surface area (TPSA) is 80.3 Å². The molecule has 23 heavy (non-hydrogen) atoms. The Morgan fingerprint density at radius 3 is 2.87 bits per heavy atom. The van der Waals surface area contributed by atoms with Gasteiger partial charge in [0.2, 0.25) is 5.91 Å². The fraction of sp³-hybridized carbons (Fsp3) is 0.312. The number of hydrogen-bond acceptors (Lipinski definition) is 4. The number of benzene rings is 1. The van der Waals surface area contributed by atoms with Crippen LogP contribution < -0.4 is 15.4 Å². The number of amides is 2. The monoisotopic (exact) mass is 335 g/mol. The van der Waals surface area contributed by atoms with E-state index >= 15 is 0 Å². The SMILES string of the molecule is CCNC(=O)[C@H](C)NC(=O)COc1ccc(Cl)c2cccnc12. The van der Waals surface area contributed by atoms with Gasteiger partial charge in [-0.25, -0.2) is 0 Å². The maximum atomic E-state index is 11.9. The summed E-state index contributed by atoms with van der Waals surface area (Å²) in [6, 6.07) is 6.34. The zero-order chi connectivity index (χ0) is 16.8. The van der Waals surface area contributed by atoms with E-state index in [2.05, 4.69) is 15.6 Å². The van der Waals surface area contributed by atoms with E-state index in [9.17, 15) is 9.59 Å². The zero-order valence-corrected chi connectivity index (χ0v) is 13.7. The first-order valence-electron chi connectivity index (χ1n) is 7.26. The minimum atomic E-state index is -0.619. The first kappa shape index (κ1) is 17.0. The maximum Gasteiger partial charge on any atom is 0.258 e. The van der Waals surface area contributed by atoms with Crippen molar-refractivity contribution >= 4 is 34.3 Å². The van der Waals surface area contributed by atoms with Gasteiger partial charge in [0.05, 0.1) is 5.02 Å². The van der Waals surface area contributed by atoms with Gasteiger partial charge in [0, 0.05) is 18.1 Å². The van der Waals surface area contributed by atoms with Crippen LogP contribution in [0.2, 0.25) is 5.02 Å². The summed E-state index contributed by atoms with van der Waals surface area (Å²) in [6.07, 6.45) is 1.63. The summed E-state index contributed by atoms with van der Waals surface area (Å²) in [5.74, 6) is -0.159. The summed E-state index contributed by atoms with van der Waals surface area (Å²) in [7, 11) is 0. The molecule has 1 aromatic heterocycles. The molecule has 2 rings (SSSR count). The number of carbonyl (C=O) groups is 2. The summed E-state index contributed by atoms with van der Waals surface area (Å²) in [5.41, 5.74) is 0.588. The minimum Gasteiger partial charge on any atom is -0.481 e. The molecule has 0 bridgehead atoms. The first-order valence-corrected chi connectivity index (χ1v) is 7.63. The molecule has 122 valence electrons. The number of nitrogens with one attached hydrogen (secondary N) is 2. The predicted molar refractivity (Wildman–Crippen MR) is 88.5 cm³/mol. The quantitative estimate of drug-likeness (QED) is 0.845. The number of nitrogens with zero attached hydrogens (tertiary/aromatic N) is 1. The number of rotatable bonds is 6. The van der Waals surface area contributed by atoms with Gasteiger partial charge in [-0.15, -0.1) is 0 Å². The number of halogens is 1. The van der Waals surface area contributed by atoms with Crippen molar-refractivity contribution in [1.29, 1.82) is 0 Å². The summed E-state index contributed by atoms with van der Waals surface area (Å²) < 4.78 is 5.51. The fourth-order valence-corrected chi connectivity index (χ4v) is 2.26. The van der Waals surface area contributed by atoms with Crippen molar-refractivity contribution in [3.8, 4) is 5.75 Å². The highest BCUT2D eigenvalue weighted by Crippen LogP contribution is 2.29. The van der Waals surface area contributed by atoms with Crippen molar-refractivity contribution in [2.75, 3.05) is 13.2 Å². The molecule has 0 spiro atoms. The van der Waals surface area contributed by atoms with Crippen molar-refractivity contribution in [2.45, 2.75) is 19.9 Å². The molecule has 1 atom stereocenters. The van der Waals surface area contributed by atoms with Crippen molar-refractivity contribution in [3.63, 3.8) is 0 Å². The van der Waals surface area contributed by atoms with Gasteiger partial charge < -0.3 is 15.4 Å². The van der Waals surface area contributed by atoms with Gasteiger partial charge in [0.15, 0.2) is 6.61 Å². The molecule has 0 aliphatic rings. The fourth-order valence-electron chi connectivity index (χ4n) is 2.05. The lowest BCUT2D eigenvalue weighted by molar-refractivity contribution is -0.129. The van der Waals surface area contributed by atoms with E-state index in [1.807, 2.05) is 13.0 Å². The highest BCUT2D eigenvalue weighted by molar-refractivity contribution is 6.35. The Bertz CT molecular complexity index is 721. The molecule has 0 radical (unpaired) electrons. The molecule has 0 unspecified atom stereocenters. The molecular weight excluding hydrogens is 318 g/mol. The highest BCUT2D eigenvalue weighted by Gasteiger charge is 2.15. The Balaban J connectivity index is 2.00. The number of hydrogen-bond donors (Lipinski definition) is 2. The van der Waals surface area contributed by atoms with E-state index in [0.29, 0.717) is 22.8 Å². The summed E-state index contributed by atoms with van der Waals surface area (Å²) in [5, 5.41) is 6.52. The van der Waals surface area contributed by atoms with Gasteiger partial charge in [-0.2, -0.15) is 0 Å². The third-order valence-corrected chi connectivity index (χ3v) is 3.49. The van der Waals surface area contributed by atoms with E-state index in [4.69, 9.17) is 16.3 Å². The first-order chi connectivity index (χ1) is 11.0. The van der Waals surface area contributed by atoms with Gasteiger partial charge in [-0.1, -0.05) is 11.6 Å². The van der Waals surface area contributed by atoms with E-state index < -0.39 is 6.04 Å². The Kier molecular flexibility index (Phi) is 5.76. The predicted octanol–water partition coefficient (Wildman–Crippen LogP) is 1.91. The Hall–Kier alpha value is -2.34. The molecule has 1 heterocycles. The number of pyridine rings is 1. The van der Waals surface area contributed by atoms with E-state index in [1.165, 1.54) is 0 Å². The van der Waals surface area contributed by atoms with Gasteiger partial charge in [0.1, 0.15) is 17.3 Å². The Labute approximate surface area is 139 Å². The van der Waals surface area contributed by atoms with Crippen LogP contribution in [0.1, 0.15) is 13.8 Å². The second-order valence-electron chi connectivity index (χ2n) is 4.92. The molecule has 0 aliphatic heterocycles. The van der Waals surface area contributed by atoms with Crippen molar-refractivity contribution in [3.05, 3.63) is 35.5 Å².